The van der Waals surface area contributed by atoms with Crippen LogP contribution in [0.2, 0.25) is 0 Å². The molecular formula is C17H16N2O3S2. The number of thiophene rings is 1. The number of benzene rings is 1. The Balaban J connectivity index is 2.04. The van der Waals surface area contributed by atoms with E-state index in [2.05, 4.69) is 9.97 Å². The van der Waals surface area contributed by atoms with Crippen LogP contribution in [0.4, 0.5) is 0 Å². The van der Waals surface area contributed by atoms with Gasteiger partial charge in [-0.15, -0.1) is 11.3 Å². The number of H-pyrrole nitrogens is 1. The molecule has 124 valence electrons. The third kappa shape index (κ3) is 3.22. The van der Waals surface area contributed by atoms with E-state index in [0.29, 0.717) is 21.8 Å². The van der Waals surface area contributed by atoms with E-state index in [1.807, 2.05) is 36.6 Å². The van der Waals surface area contributed by atoms with Gasteiger partial charge in [0.2, 0.25) is 0 Å². The Morgan fingerprint density at radius 1 is 1.38 bits per heavy atom. The first-order valence-corrected chi connectivity index (χ1v) is 9.23. The van der Waals surface area contributed by atoms with Crippen molar-refractivity contribution in [3.63, 3.8) is 0 Å². The van der Waals surface area contributed by atoms with Gasteiger partial charge in [0.1, 0.15) is 10.1 Å². The molecule has 1 atom stereocenters. The summed E-state index contributed by atoms with van der Waals surface area (Å²) in [4.78, 5) is 31.4. The van der Waals surface area contributed by atoms with Crippen molar-refractivity contribution in [3.8, 4) is 11.1 Å². The molecule has 1 aromatic carbocycles. The normalized spacial score (nSPS) is 12.4. The molecule has 0 aliphatic carbocycles. The second-order valence-corrected chi connectivity index (χ2v) is 7.47. The van der Waals surface area contributed by atoms with Crippen LogP contribution >= 0.6 is 23.1 Å². The molecule has 0 amide bonds. The topological polar surface area (TPSA) is 83.0 Å². The van der Waals surface area contributed by atoms with Crippen LogP contribution in [0.5, 0.6) is 0 Å². The summed E-state index contributed by atoms with van der Waals surface area (Å²) in [7, 11) is 0. The highest BCUT2D eigenvalue weighted by atomic mass is 32.2. The maximum absolute atomic E-state index is 12.5. The van der Waals surface area contributed by atoms with Crippen molar-refractivity contribution in [2.24, 2.45) is 0 Å². The molecule has 3 aromatic rings. The lowest BCUT2D eigenvalue weighted by Crippen LogP contribution is -2.17. The van der Waals surface area contributed by atoms with Gasteiger partial charge in [0, 0.05) is 10.9 Å². The Hall–Kier alpha value is -2.12. The van der Waals surface area contributed by atoms with Crippen LogP contribution in [0, 0.1) is 6.92 Å². The van der Waals surface area contributed by atoms with Gasteiger partial charge in [-0.1, -0.05) is 48.5 Å². The van der Waals surface area contributed by atoms with Crippen LogP contribution in [0.15, 0.2) is 39.6 Å². The molecule has 7 heteroatoms. The minimum Gasteiger partial charge on any atom is -0.480 e. The summed E-state index contributed by atoms with van der Waals surface area (Å²) in [6.07, 6.45) is 0.459. The van der Waals surface area contributed by atoms with Crippen LogP contribution in [0.3, 0.4) is 0 Å². The minimum atomic E-state index is -0.906. The van der Waals surface area contributed by atoms with E-state index in [4.69, 9.17) is 5.11 Å². The van der Waals surface area contributed by atoms with Gasteiger partial charge < -0.3 is 10.1 Å². The van der Waals surface area contributed by atoms with Crippen LogP contribution < -0.4 is 5.56 Å². The average Bonchev–Trinajstić information content (AvgIpc) is 2.97. The number of carboxylic acids is 1. The number of carbonyl (C=O) groups is 1. The third-order valence-electron chi connectivity index (χ3n) is 3.68. The lowest BCUT2D eigenvalue weighted by Gasteiger charge is -2.08. The summed E-state index contributed by atoms with van der Waals surface area (Å²) < 4.78 is 0. The molecule has 2 heterocycles. The predicted molar refractivity (Wildman–Crippen MR) is 98.0 cm³/mol. The molecule has 0 fully saturated rings. The van der Waals surface area contributed by atoms with Gasteiger partial charge in [-0.2, -0.15) is 0 Å². The molecule has 2 N–H and O–H groups in total. The van der Waals surface area contributed by atoms with Crippen molar-refractivity contribution in [3.05, 3.63) is 45.6 Å². The molecular weight excluding hydrogens is 344 g/mol. The molecule has 24 heavy (non-hydrogen) atoms. The summed E-state index contributed by atoms with van der Waals surface area (Å²) >= 11 is 2.47. The zero-order valence-electron chi connectivity index (χ0n) is 13.2. The van der Waals surface area contributed by atoms with Crippen molar-refractivity contribution in [1.82, 2.24) is 9.97 Å². The molecule has 1 unspecified atom stereocenters. The highest BCUT2D eigenvalue weighted by Crippen LogP contribution is 2.32. The third-order valence-corrected chi connectivity index (χ3v) is 5.79. The van der Waals surface area contributed by atoms with E-state index >= 15 is 0 Å². The van der Waals surface area contributed by atoms with Crippen LogP contribution in [0.1, 0.15) is 18.9 Å². The highest BCUT2D eigenvalue weighted by Gasteiger charge is 2.19. The largest absolute Gasteiger partial charge is 0.480 e. The maximum atomic E-state index is 12.5. The molecule has 0 radical (unpaired) electrons. The van der Waals surface area contributed by atoms with Gasteiger partial charge in [-0.3, -0.25) is 9.59 Å². The number of aryl methyl sites for hydroxylation is 1. The average molecular weight is 360 g/mol. The fraction of sp³-hybridized carbons (Fsp3) is 0.235. The minimum absolute atomic E-state index is 0.237. The Labute approximate surface area is 146 Å². The number of aromatic amines is 1. The summed E-state index contributed by atoms with van der Waals surface area (Å²) in [5, 5.41) is 11.3. The fourth-order valence-electron chi connectivity index (χ4n) is 2.37. The molecule has 2 aromatic heterocycles. The fourth-order valence-corrected chi connectivity index (χ4v) is 4.21. The molecule has 5 nitrogen and oxygen atoms in total. The predicted octanol–water partition coefficient (Wildman–Crippen LogP) is 3.92. The first-order valence-electron chi connectivity index (χ1n) is 7.47. The van der Waals surface area contributed by atoms with Gasteiger partial charge in [0.15, 0.2) is 5.16 Å². The van der Waals surface area contributed by atoms with E-state index < -0.39 is 11.2 Å². The van der Waals surface area contributed by atoms with E-state index in [1.54, 1.807) is 6.92 Å². The van der Waals surface area contributed by atoms with Gasteiger partial charge in [-0.25, -0.2) is 4.98 Å². The number of aliphatic carboxylic acids is 1. The van der Waals surface area contributed by atoms with Gasteiger partial charge in [0.25, 0.3) is 5.56 Å². The Morgan fingerprint density at radius 2 is 2.08 bits per heavy atom. The quantitative estimate of drug-likeness (QED) is 0.532. The van der Waals surface area contributed by atoms with Crippen molar-refractivity contribution in [2.45, 2.75) is 30.7 Å². The standard InChI is InChI=1S/C17H16N2O3S2/c1-3-12(16(21)22)24-17-18-14(20)13-11(8-23-15(13)19-17)10-6-4-9(2)5-7-10/h4-8,12H,3H2,1-2H3,(H,21,22)(H,18,19,20). The Kier molecular flexibility index (Phi) is 4.73. The summed E-state index contributed by atoms with van der Waals surface area (Å²) in [6.45, 7) is 3.81. The number of hydrogen-bond acceptors (Lipinski definition) is 5. The molecule has 0 aliphatic heterocycles. The smallest absolute Gasteiger partial charge is 0.317 e. The van der Waals surface area contributed by atoms with Gasteiger partial charge >= 0.3 is 5.97 Å². The number of hydrogen-bond donors (Lipinski definition) is 2. The Bertz CT molecular complexity index is 945. The number of thioether (sulfide) groups is 1. The van der Waals surface area contributed by atoms with E-state index in [0.717, 1.165) is 28.5 Å². The molecule has 3 rings (SSSR count). The molecule has 0 saturated heterocycles. The second-order valence-electron chi connectivity index (χ2n) is 5.42. The van der Waals surface area contributed by atoms with Crippen LogP contribution in [0.25, 0.3) is 21.3 Å². The molecule has 0 aliphatic rings. The van der Waals surface area contributed by atoms with E-state index in [9.17, 15) is 9.59 Å². The van der Waals surface area contributed by atoms with Crippen LogP contribution in [-0.4, -0.2) is 26.3 Å². The number of carboxylic acid groups (broad SMARTS) is 1. The monoisotopic (exact) mass is 360 g/mol. The number of rotatable bonds is 5. The van der Waals surface area contributed by atoms with Gasteiger partial charge in [0.05, 0.1) is 5.39 Å². The zero-order valence-corrected chi connectivity index (χ0v) is 14.8. The van der Waals surface area contributed by atoms with Crippen molar-refractivity contribution in [2.75, 3.05) is 0 Å². The van der Waals surface area contributed by atoms with Crippen molar-refractivity contribution in [1.29, 1.82) is 0 Å². The first-order chi connectivity index (χ1) is 11.5. The lowest BCUT2D eigenvalue weighted by atomic mass is 10.1. The second kappa shape index (κ2) is 6.78. The summed E-state index contributed by atoms with van der Waals surface area (Å²) in [5.41, 5.74) is 2.74. The molecule has 0 spiro atoms. The number of aromatic nitrogens is 2. The molecule has 0 bridgehead atoms. The highest BCUT2D eigenvalue weighted by molar-refractivity contribution is 8.00. The lowest BCUT2D eigenvalue weighted by molar-refractivity contribution is -0.136. The van der Waals surface area contributed by atoms with Gasteiger partial charge in [-0.05, 0) is 18.9 Å². The van der Waals surface area contributed by atoms with Crippen LogP contribution in [-0.2, 0) is 4.79 Å². The number of nitrogens with one attached hydrogen (secondary N) is 1. The Morgan fingerprint density at radius 3 is 2.71 bits per heavy atom. The first kappa shape index (κ1) is 16.7. The number of nitrogens with zero attached hydrogens (tertiary/aromatic N) is 1. The van der Waals surface area contributed by atoms with Crippen molar-refractivity contribution >= 4 is 39.3 Å². The summed E-state index contributed by atoms with van der Waals surface area (Å²) in [5.74, 6) is -0.906. The summed E-state index contributed by atoms with van der Waals surface area (Å²) in [6, 6.07) is 7.97. The van der Waals surface area contributed by atoms with Crippen molar-refractivity contribution < 1.29 is 9.90 Å². The van der Waals surface area contributed by atoms with E-state index in [1.165, 1.54) is 11.3 Å². The van der Waals surface area contributed by atoms with E-state index in [-0.39, 0.29) is 5.56 Å². The number of fused-ring (bicyclic) bond motifs is 1. The maximum Gasteiger partial charge on any atom is 0.317 e. The zero-order chi connectivity index (χ0) is 17.3. The molecule has 0 saturated carbocycles. The SMILES string of the molecule is CCC(Sc1nc2scc(-c3ccc(C)cc3)c2c(=O)[nH]1)C(=O)O.